The second kappa shape index (κ2) is 9.61. The number of carbonyl (C=O) groups excluding carboxylic acids is 1. The molecule has 0 aliphatic carbocycles. The van der Waals surface area contributed by atoms with Crippen molar-refractivity contribution >= 4 is 18.3 Å². The van der Waals surface area contributed by atoms with Gasteiger partial charge >= 0.3 is 0 Å². The van der Waals surface area contributed by atoms with E-state index in [0.29, 0.717) is 25.5 Å². The number of amides is 1. The lowest BCUT2D eigenvalue weighted by molar-refractivity contribution is -0.122. The van der Waals surface area contributed by atoms with E-state index in [-0.39, 0.29) is 18.3 Å². The van der Waals surface area contributed by atoms with E-state index in [4.69, 9.17) is 10.5 Å². The van der Waals surface area contributed by atoms with Crippen LogP contribution in [0.4, 0.5) is 0 Å². The van der Waals surface area contributed by atoms with Gasteiger partial charge in [-0.15, -0.1) is 12.4 Å². The highest BCUT2D eigenvalue weighted by Gasteiger charge is 2.14. The number of nitrogens with two attached hydrogens (primary N) is 1. The summed E-state index contributed by atoms with van der Waals surface area (Å²) in [6, 6.07) is 7.27. The molecule has 1 aromatic rings. The highest BCUT2D eigenvalue weighted by molar-refractivity contribution is 5.85. The Kier molecular flexibility index (Phi) is 9.01. The van der Waals surface area contributed by atoms with Gasteiger partial charge in [0, 0.05) is 6.54 Å². The lowest BCUT2D eigenvalue weighted by Gasteiger charge is -2.14. The molecule has 1 rings (SSSR count). The largest absolute Gasteiger partial charge is 0.494 e. The van der Waals surface area contributed by atoms with Crippen LogP contribution in [0.1, 0.15) is 32.8 Å². The van der Waals surface area contributed by atoms with Crippen molar-refractivity contribution in [3.05, 3.63) is 29.8 Å². The Morgan fingerprint density at radius 1 is 1.40 bits per heavy atom. The molecule has 1 amide bonds. The van der Waals surface area contributed by atoms with Gasteiger partial charge in [0.05, 0.1) is 12.6 Å². The monoisotopic (exact) mass is 300 g/mol. The maximum Gasteiger partial charge on any atom is 0.237 e. The van der Waals surface area contributed by atoms with Crippen molar-refractivity contribution in [2.45, 2.75) is 39.8 Å². The molecule has 0 bridgehead atoms. The summed E-state index contributed by atoms with van der Waals surface area (Å²) in [5.41, 5.74) is 6.83. The quantitative estimate of drug-likeness (QED) is 0.813. The van der Waals surface area contributed by atoms with Crippen LogP contribution in [-0.2, 0) is 11.3 Å². The molecule has 0 spiro atoms. The molecular formula is C15H25ClN2O2. The number of ether oxygens (including phenoxy) is 1. The van der Waals surface area contributed by atoms with E-state index in [1.165, 1.54) is 0 Å². The van der Waals surface area contributed by atoms with Crippen LogP contribution in [-0.4, -0.2) is 18.6 Å². The molecule has 0 aliphatic rings. The van der Waals surface area contributed by atoms with Crippen LogP contribution in [0.15, 0.2) is 24.3 Å². The summed E-state index contributed by atoms with van der Waals surface area (Å²) in [6.45, 7) is 7.16. The number of hydrogen-bond donors (Lipinski definition) is 2. The zero-order valence-electron chi connectivity index (χ0n) is 12.4. The summed E-state index contributed by atoms with van der Waals surface area (Å²) in [7, 11) is 0. The minimum atomic E-state index is -0.435. The fraction of sp³-hybridized carbons (Fsp3) is 0.533. The Balaban J connectivity index is 0.00000361. The molecule has 0 saturated heterocycles. The van der Waals surface area contributed by atoms with E-state index in [1.54, 1.807) is 0 Å². The van der Waals surface area contributed by atoms with Crippen LogP contribution >= 0.6 is 12.4 Å². The molecule has 0 aromatic heterocycles. The van der Waals surface area contributed by atoms with E-state index in [9.17, 15) is 4.79 Å². The van der Waals surface area contributed by atoms with Crippen molar-refractivity contribution in [3.63, 3.8) is 0 Å². The molecule has 0 unspecified atom stereocenters. The second-order valence-electron chi connectivity index (χ2n) is 5.03. The first-order valence-electron chi connectivity index (χ1n) is 6.78. The normalized spacial score (nSPS) is 11.7. The van der Waals surface area contributed by atoms with Gasteiger partial charge in [0.25, 0.3) is 0 Å². The number of halogens is 1. The first-order chi connectivity index (χ1) is 9.02. The lowest BCUT2D eigenvalue weighted by atomic mass is 10.0. The third kappa shape index (κ3) is 6.78. The molecule has 0 heterocycles. The van der Waals surface area contributed by atoms with Crippen LogP contribution in [0.25, 0.3) is 0 Å². The fourth-order valence-electron chi connectivity index (χ4n) is 1.85. The molecular weight excluding hydrogens is 276 g/mol. The van der Waals surface area contributed by atoms with Gasteiger partial charge in [0.2, 0.25) is 5.91 Å². The maximum absolute atomic E-state index is 11.8. The Morgan fingerprint density at radius 2 is 2.10 bits per heavy atom. The van der Waals surface area contributed by atoms with Crippen LogP contribution in [0.3, 0.4) is 0 Å². The molecule has 0 radical (unpaired) electrons. The SMILES string of the molecule is CCOc1cccc(CNC(=O)[C@@H](N)CC(C)C)c1.Cl. The molecule has 0 aliphatic heterocycles. The summed E-state index contributed by atoms with van der Waals surface area (Å²) in [5, 5.41) is 2.85. The molecule has 5 heteroatoms. The Hall–Kier alpha value is -1.26. The number of benzene rings is 1. The lowest BCUT2D eigenvalue weighted by Crippen LogP contribution is -2.41. The molecule has 114 valence electrons. The summed E-state index contributed by atoms with van der Waals surface area (Å²) in [6.07, 6.45) is 0.699. The number of hydrogen-bond acceptors (Lipinski definition) is 3. The third-order valence-corrected chi connectivity index (χ3v) is 2.74. The summed E-state index contributed by atoms with van der Waals surface area (Å²) in [4.78, 5) is 11.8. The van der Waals surface area contributed by atoms with Gasteiger partial charge < -0.3 is 15.8 Å². The maximum atomic E-state index is 11.8. The number of rotatable bonds is 7. The van der Waals surface area contributed by atoms with Gasteiger partial charge in [-0.05, 0) is 37.0 Å². The zero-order valence-corrected chi connectivity index (χ0v) is 13.2. The minimum absolute atomic E-state index is 0. The Bertz CT molecular complexity index is 411. The Labute approximate surface area is 127 Å². The van der Waals surface area contributed by atoms with Crippen molar-refractivity contribution in [1.29, 1.82) is 0 Å². The highest BCUT2D eigenvalue weighted by Crippen LogP contribution is 2.13. The fourth-order valence-corrected chi connectivity index (χ4v) is 1.85. The van der Waals surface area contributed by atoms with E-state index >= 15 is 0 Å². The van der Waals surface area contributed by atoms with Crippen molar-refractivity contribution in [1.82, 2.24) is 5.32 Å². The predicted octanol–water partition coefficient (Wildman–Crippen LogP) is 2.50. The van der Waals surface area contributed by atoms with Crippen LogP contribution < -0.4 is 15.8 Å². The first kappa shape index (κ1) is 18.7. The molecule has 4 nitrogen and oxygen atoms in total. The second-order valence-corrected chi connectivity index (χ2v) is 5.03. The summed E-state index contributed by atoms with van der Waals surface area (Å²) < 4.78 is 5.42. The van der Waals surface area contributed by atoms with Crippen LogP contribution in [0, 0.1) is 5.92 Å². The summed E-state index contributed by atoms with van der Waals surface area (Å²) >= 11 is 0. The van der Waals surface area contributed by atoms with Crippen LogP contribution in [0.5, 0.6) is 5.75 Å². The van der Waals surface area contributed by atoms with Gasteiger partial charge in [0.15, 0.2) is 0 Å². The standard InChI is InChI=1S/C15H24N2O2.ClH/c1-4-19-13-7-5-6-12(9-13)10-17-15(18)14(16)8-11(2)3;/h5-7,9,11,14H,4,8,10,16H2,1-3H3,(H,17,18);1H/t14-;/m0./s1. The number of carbonyl (C=O) groups is 1. The first-order valence-corrected chi connectivity index (χ1v) is 6.78. The summed E-state index contributed by atoms with van der Waals surface area (Å²) in [5.74, 6) is 1.14. The molecule has 20 heavy (non-hydrogen) atoms. The predicted molar refractivity (Wildman–Crippen MR) is 84.1 cm³/mol. The minimum Gasteiger partial charge on any atom is -0.494 e. The van der Waals surface area contributed by atoms with E-state index in [0.717, 1.165) is 11.3 Å². The van der Waals surface area contributed by atoms with Gasteiger partial charge in [-0.3, -0.25) is 4.79 Å². The smallest absolute Gasteiger partial charge is 0.237 e. The zero-order chi connectivity index (χ0) is 14.3. The van der Waals surface area contributed by atoms with Crippen LogP contribution in [0.2, 0.25) is 0 Å². The Morgan fingerprint density at radius 3 is 2.70 bits per heavy atom. The third-order valence-electron chi connectivity index (χ3n) is 2.74. The molecule has 0 fully saturated rings. The van der Waals surface area contributed by atoms with Gasteiger partial charge in [-0.1, -0.05) is 26.0 Å². The highest BCUT2D eigenvalue weighted by atomic mass is 35.5. The van der Waals surface area contributed by atoms with Crippen molar-refractivity contribution in [2.75, 3.05) is 6.61 Å². The average molecular weight is 301 g/mol. The molecule has 0 saturated carbocycles. The molecule has 3 N–H and O–H groups in total. The molecule has 1 aromatic carbocycles. The average Bonchev–Trinajstić information content (AvgIpc) is 2.36. The van der Waals surface area contributed by atoms with Crippen molar-refractivity contribution in [2.24, 2.45) is 11.7 Å². The van der Waals surface area contributed by atoms with Gasteiger partial charge in [0.1, 0.15) is 5.75 Å². The van der Waals surface area contributed by atoms with Crippen molar-refractivity contribution in [3.8, 4) is 5.75 Å². The van der Waals surface area contributed by atoms with Crippen molar-refractivity contribution < 1.29 is 9.53 Å². The van der Waals surface area contributed by atoms with Gasteiger partial charge in [-0.2, -0.15) is 0 Å². The van der Waals surface area contributed by atoms with E-state index < -0.39 is 6.04 Å². The molecule has 1 atom stereocenters. The topological polar surface area (TPSA) is 64.3 Å². The van der Waals surface area contributed by atoms with Gasteiger partial charge in [-0.25, -0.2) is 0 Å². The van der Waals surface area contributed by atoms with E-state index in [1.807, 2.05) is 31.2 Å². The number of nitrogens with one attached hydrogen (secondary N) is 1. The van der Waals surface area contributed by atoms with E-state index in [2.05, 4.69) is 19.2 Å².